The summed E-state index contributed by atoms with van der Waals surface area (Å²) in [5.74, 6) is -3.16. The van der Waals surface area contributed by atoms with Gasteiger partial charge in [0.05, 0.1) is 33.8 Å². The Morgan fingerprint density at radius 1 is 0.553 bits per heavy atom. The first-order chi connectivity index (χ1) is 36.2. The monoisotopic (exact) mass is 1030 g/mol. The molecule has 6 aliphatic rings. The summed E-state index contributed by atoms with van der Waals surface area (Å²) in [7, 11) is 0. The maximum Gasteiger partial charge on any atom is 0.338 e. The molecule has 1 saturated heterocycles. The smallest absolute Gasteiger partial charge is 0.338 e. The van der Waals surface area contributed by atoms with Crippen molar-refractivity contribution in [3.8, 4) is 0 Å². The number of ether oxygens (including phenoxy) is 6. The van der Waals surface area contributed by atoms with Crippen LogP contribution in [-0.4, -0.2) is 78.4 Å². The number of rotatable bonds is 11. The highest BCUT2D eigenvalue weighted by atomic mass is 16.7. The van der Waals surface area contributed by atoms with Crippen molar-refractivity contribution in [3.63, 3.8) is 0 Å². The first kappa shape index (κ1) is 53.3. The Hall–Kier alpha value is -6.11. The molecule has 0 spiro atoms. The molecule has 0 bridgehead atoms. The van der Waals surface area contributed by atoms with Crippen LogP contribution >= 0.6 is 0 Å². The largest absolute Gasteiger partial charge is 0.459 e. The Kier molecular flexibility index (Phi) is 14.3. The second-order valence-electron chi connectivity index (χ2n) is 24.9. The van der Waals surface area contributed by atoms with E-state index in [9.17, 15) is 24.3 Å². The van der Waals surface area contributed by atoms with Gasteiger partial charge in [-0.05, 0) is 158 Å². The van der Waals surface area contributed by atoms with Gasteiger partial charge in [-0.25, -0.2) is 19.2 Å². The number of carbonyl (C=O) groups excluding carboxylic acids is 5. The fourth-order valence-electron chi connectivity index (χ4n) is 15.4. The SMILES string of the molecule is CC1(C)CC[C@]2(C(=O)O[C@@H]3O[C@H](COC(=O)c4ccccc4)[C@@H](OC(=O)c4ccccc4)[C@H](OC(=O)c4ccccc4)[C@H]3OC(=O)c3ccccc3)CC[C@]3(C)C(=CC[C@@H]4[C@@]5(C)CC[C@H](O)C(C)(C)[C@@H]5CC[C@]43C)[C@@H]2C1. The van der Waals surface area contributed by atoms with Crippen molar-refractivity contribution >= 4 is 29.8 Å². The molecular formula is C64H74O12. The van der Waals surface area contributed by atoms with E-state index in [2.05, 4.69) is 54.5 Å². The molecule has 12 nitrogen and oxygen atoms in total. The number of esters is 5. The zero-order valence-corrected chi connectivity index (χ0v) is 45.0. The van der Waals surface area contributed by atoms with Crippen LogP contribution in [0.25, 0.3) is 0 Å². The lowest BCUT2D eigenvalue weighted by Gasteiger charge is -2.71. The molecule has 1 aliphatic heterocycles. The quantitative estimate of drug-likeness (QED) is 0.0861. The van der Waals surface area contributed by atoms with Crippen molar-refractivity contribution in [2.75, 3.05) is 6.61 Å². The molecule has 1 heterocycles. The van der Waals surface area contributed by atoms with E-state index in [1.807, 2.05) is 0 Å². The molecule has 5 fully saturated rings. The van der Waals surface area contributed by atoms with Gasteiger partial charge in [0.2, 0.25) is 12.4 Å². The zero-order chi connectivity index (χ0) is 53.8. The third-order valence-electron chi connectivity index (χ3n) is 20.0. The maximum absolute atomic E-state index is 16.0. The molecule has 4 aromatic carbocycles. The molecule has 1 N–H and O–H groups in total. The average molecular weight is 1040 g/mol. The maximum atomic E-state index is 16.0. The molecule has 0 amide bonds. The van der Waals surface area contributed by atoms with Crippen LogP contribution in [-0.2, 0) is 33.2 Å². The Morgan fingerprint density at radius 2 is 1.05 bits per heavy atom. The van der Waals surface area contributed by atoms with Crippen LogP contribution in [0.2, 0.25) is 0 Å². The van der Waals surface area contributed by atoms with Gasteiger partial charge in [-0.15, -0.1) is 0 Å². The fraction of sp³-hybridized carbons (Fsp3) is 0.516. The Bertz CT molecular complexity index is 2830. The third-order valence-corrected chi connectivity index (χ3v) is 20.0. The molecule has 0 aromatic heterocycles. The van der Waals surface area contributed by atoms with Crippen molar-refractivity contribution in [1.29, 1.82) is 0 Å². The minimum absolute atomic E-state index is 0.0321. The summed E-state index contributed by atoms with van der Waals surface area (Å²) in [6.07, 6.45) is 2.03. The van der Waals surface area contributed by atoms with Crippen molar-refractivity contribution in [2.24, 2.45) is 50.2 Å². The highest BCUT2D eigenvalue weighted by molar-refractivity contribution is 5.92. The lowest BCUT2D eigenvalue weighted by molar-refractivity contribution is -0.295. The van der Waals surface area contributed by atoms with Crippen LogP contribution in [0.5, 0.6) is 0 Å². The lowest BCUT2D eigenvalue weighted by atomic mass is 9.33. The highest BCUT2D eigenvalue weighted by Crippen LogP contribution is 2.76. The number of benzene rings is 4. The van der Waals surface area contributed by atoms with Crippen LogP contribution in [0.4, 0.5) is 0 Å². The van der Waals surface area contributed by atoms with Crippen molar-refractivity contribution in [1.82, 2.24) is 0 Å². The lowest BCUT2D eigenvalue weighted by Crippen LogP contribution is -2.66. The van der Waals surface area contributed by atoms with Crippen molar-refractivity contribution in [3.05, 3.63) is 155 Å². The van der Waals surface area contributed by atoms with Crippen molar-refractivity contribution < 1.29 is 57.5 Å². The molecule has 402 valence electrons. The van der Waals surface area contributed by atoms with Gasteiger partial charge in [-0.1, -0.05) is 133 Å². The van der Waals surface area contributed by atoms with E-state index in [1.54, 1.807) is 121 Å². The fourth-order valence-corrected chi connectivity index (χ4v) is 15.4. The van der Waals surface area contributed by atoms with E-state index in [1.165, 1.54) is 5.57 Å². The summed E-state index contributed by atoms with van der Waals surface area (Å²) in [6.45, 7) is 16.0. The second kappa shape index (κ2) is 20.4. The standard InChI is InChI=1S/C64H74O12/c1-59(2)34-36-64(37-35-62(6)44(45(64)38-59)28-29-48-61(5)32-31-49(65)60(3,4)47(61)30-33-63(48,62)7)58(70)76-57-52(75-56(69)43-26-18-11-19-27-43)51(74-55(68)42-24-16-10-17-25-42)50(73-54(67)41-22-14-9-15-23-41)46(72-57)39-71-53(66)40-20-12-8-13-21-40/h8-28,45-52,57,65H,29-39H2,1-7H3/t45-,46+,47-,48+,49-,50+,51-,52+,57-,61-,62+,63+,64-/m0/s1. The molecule has 10 rings (SSSR count). The number of hydrogen-bond acceptors (Lipinski definition) is 12. The van der Waals surface area contributed by atoms with Crippen LogP contribution in [0.3, 0.4) is 0 Å². The molecule has 4 aromatic rings. The second-order valence-corrected chi connectivity index (χ2v) is 24.9. The van der Waals surface area contributed by atoms with E-state index in [4.69, 9.17) is 28.4 Å². The normalized spacial score (nSPS) is 34.9. The highest BCUT2D eigenvalue weighted by Gasteiger charge is 2.70. The van der Waals surface area contributed by atoms with Gasteiger partial charge in [0.25, 0.3) is 0 Å². The number of fused-ring (bicyclic) bond motifs is 7. The molecule has 12 heteroatoms. The van der Waals surface area contributed by atoms with Gasteiger partial charge < -0.3 is 33.5 Å². The molecule has 0 unspecified atom stereocenters. The van der Waals surface area contributed by atoms with E-state index in [0.29, 0.717) is 24.7 Å². The minimum Gasteiger partial charge on any atom is -0.459 e. The average Bonchev–Trinajstić information content (AvgIpc) is 3.55. The van der Waals surface area contributed by atoms with Gasteiger partial charge in [0.15, 0.2) is 12.2 Å². The molecule has 5 aliphatic carbocycles. The summed E-state index contributed by atoms with van der Waals surface area (Å²) >= 11 is 0. The third kappa shape index (κ3) is 9.39. The molecule has 0 radical (unpaired) electrons. The Balaban J connectivity index is 1.05. The summed E-state index contributed by atoms with van der Waals surface area (Å²) in [5.41, 5.74) is 0.436. The Morgan fingerprint density at radius 3 is 1.61 bits per heavy atom. The summed E-state index contributed by atoms with van der Waals surface area (Å²) < 4.78 is 38.5. The van der Waals surface area contributed by atoms with Gasteiger partial charge in [-0.3, -0.25) is 4.79 Å². The number of allylic oxidation sites excluding steroid dienone is 2. The molecule has 13 atom stereocenters. The summed E-state index contributed by atoms with van der Waals surface area (Å²) in [6, 6.07) is 33.0. The van der Waals surface area contributed by atoms with Crippen LogP contribution < -0.4 is 0 Å². The van der Waals surface area contributed by atoms with Gasteiger partial charge in [0, 0.05) is 0 Å². The van der Waals surface area contributed by atoms with E-state index in [0.717, 1.165) is 51.4 Å². The number of aliphatic hydroxyl groups is 1. The number of aliphatic hydroxyl groups excluding tert-OH is 1. The topological polar surface area (TPSA) is 161 Å². The van der Waals surface area contributed by atoms with E-state index >= 15 is 4.79 Å². The summed E-state index contributed by atoms with van der Waals surface area (Å²) in [4.78, 5) is 72.6. The predicted molar refractivity (Wildman–Crippen MR) is 283 cm³/mol. The molecule has 4 saturated carbocycles. The predicted octanol–water partition coefficient (Wildman–Crippen LogP) is 12.0. The minimum atomic E-state index is -1.75. The number of carbonyl (C=O) groups is 5. The Labute approximate surface area is 447 Å². The first-order valence-electron chi connectivity index (χ1n) is 27.5. The number of hydrogen-bond donors (Lipinski definition) is 1. The zero-order valence-electron chi connectivity index (χ0n) is 45.0. The van der Waals surface area contributed by atoms with Crippen LogP contribution in [0.15, 0.2) is 133 Å². The van der Waals surface area contributed by atoms with Crippen LogP contribution in [0.1, 0.15) is 154 Å². The van der Waals surface area contributed by atoms with Crippen LogP contribution in [0, 0.1) is 50.2 Å². The van der Waals surface area contributed by atoms with Gasteiger partial charge >= 0.3 is 29.8 Å². The van der Waals surface area contributed by atoms with Crippen molar-refractivity contribution in [2.45, 2.75) is 149 Å². The van der Waals surface area contributed by atoms with Gasteiger partial charge in [-0.2, -0.15) is 0 Å². The molecular weight excluding hydrogens is 961 g/mol. The van der Waals surface area contributed by atoms with E-state index in [-0.39, 0.29) is 61.4 Å². The summed E-state index contributed by atoms with van der Waals surface area (Å²) in [5, 5.41) is 11.3. The first-order valence-corrected chi connectivity index (χ1v) is 27.5. The van der Waals surface area contributed by atoms with Gasteiger partial charge in [0.1, 0.15) is 12.7 Å². The molecule has 76 heavy (non-hydrogen) atoms. The van der Waals surface area contributed by atoms with E-state index < -0.39 is 72.6 Å².